The Labute approximate surface area is 336 Å². The number of piperazine rings is 1. The monoisotopic (exact) mass is 831 g/mol. The lowest BCUT2D eigenvalue weighted by molar-refractivity contribution is -0.118. The van der Waals surface area contributed by atoms with Gasteiger partial charge in [0.2, 0.25) is 9.70 Å². The van der Waals surface area contributed by atoms with Crippen molar-refractivity contribution in [2.75, 3.05) is 32.8 Å². The summed E-state index contributed by atoms with van der Waals surface area (Å²) in [6.07, 6.45) is 1.13. The van der Waals surface area contributed by atoms with Gasteiger partial charge in [0.25, 0.3) is 0 Å². The molecule has 0 aromatic heterocycles. The molecule has 0 saturated carbocycles. The van der Waals surface area contributed by atoms with Gasteiger partial charge in [-0.2, -0.15) is 0 Å². The third-order valence-corrected chi connectivity index (χ3v) is 11.3. The summed E-state index contributed by atoms with van der Waals surface area (Å²) in [6, 6.07) is 18.1. The predicted octanol–water partition coefficient (Wildman–Crippen LogP) is 9.32. The number of hydrogen-bond acceptors (Lipinski definition) is 6. The van der Waals surface area contributed by atoms with E-state index in [1.165, 1.54) is 13.8 Å². The highest BCUT2D eigenvalue weighted by Gasteiger charge is 2.49. The molecule has 282 valence electrons. The van der Waals surface area contributed by atoms with Gasteiger partial charge in [0.05, 0.1) is 17.1 Å². The van der Waals surface area contributed by atoms with Gasteiger partial charge >= 0.3 is 6.09 Å². The van der Waals surface area contributed by atoms with Gasteiger partial charge in [0.15, 0.2) is 5.60 Å². The maximum atomic E-state index is 14.1. The minimum absolute atomic E-state index is 0. The molecule has 1 saturated heterocycles. The van der Waals surface area contributed by atoms with Crippen LogP contribution in [0, 0.1) is 13.8 Å². The van der Waals surface area contributed by atoms with E-state index in [9.17, 15) is 9.59 Å². The molecule has 5 rings (SSSR count). The first-order valence-corrected chi connectivity index (χ1v) is 18.7. The lowest BCUT2D eigenvalue weighted by Crippen LogP contribution is -2.64. The Kier molecular flexibility index (Phi) is 14.7. The number of benzene rings is 3. The number of alkyl halides is 3. The summed E-state index contributed by atoms with van der Waals surface area (Å²) in [5.74, 6) is 1.00. The van der Waals surface area contributed by atoms with E-state index in [0.717, 1.165) is 27.8 Å². The summed E-state index contributed by atoms with van der Waals surface area (Å²) in [4.78, 5) is 29.4. The molecular formula is C38H43Cl6N3O5. The van der Waals surface area contributed by atoms with E-state index in [-0.39, 0.29) is 24.4 Å². The molecule has 14 heteroatoms. The van der Waals surface area contributed by atoms with Gasteiger partial charge in [-0.3, -0.25) is 9.69 Å². The molecule has 2 atom stereocenters. The average Bonchev–Trinajstić information content (AvgIpc) is 3.07. The van der Waals surface area contributed by atoms with Crippen LogP contribution in [0.1, 0.15) is 48.9 Å². The van der Waals surface area contributed by atoms with Crippen LogP contribution in [0.25, 0.3) is 5.57 Å². The molecule has 8 nitrogen and oxygen atoms in total. The van der Waals surface area contributed by atoms with Crippen LogP contribution in [0.3, 0.4) is 0 Å². The fourth-order valence-electron chi connectivity index (χ4n) is 6.17. The number of rotatable bonds is 12. The van der Waals surface area contributed by atoms with Gasteiger partial charge in [-0.1, -0.05) is 88.3 Å². The Bertz CT molecular complexity index is 1760. The van der Waals surface area contributed by atoms with Crippen LogP contribution in [0.5, 0.6) is 11.5 Å². The third kappa shape index (κ3) is 10.1. The number of ether oxygens (including phenoxy) is 3. The van der Waals surface area contributed by atoms with E-state index in [4.69, 9.17) is 72.2 Å². The van der Waals surface area contributed by atoms with E-state index in [1.807, 2.05) is 74.5 Å². The molecule has 3 aromatic carbocycles. The van der Waals surface area contributed by atoms with Crippen molar-refractivity contribution in [2.24, 2.45) is 0 Å². The van der Waals surface area contributed by atoms with Crippen molar-refractivity contribution in [1.82, 2.24) is 15.5 Å². The maximum Gasteiger partial charge on any atom is 0.411 e. The number of carbonyl (C=O) groups is 2. The number of hydrogen-bond donors (Lipinski definition) is 2. The Balaban J connectivity index is 0.00000605. The molecule has 2 amide bonds. The zero-order valence-electron chi connectivity index (χ0n) is 29.4. The van der Waals surface area contributed by atoms with Crippen molar-refractivity contribution in [3.05, 3.63) is 98.5 Å². The van der Waals surface area contributed by atoms with Crippen LogP contribution in [-0.2, 0) is 16.0 Å². The molecule has 2 aliphatic rings. The molecule has 0 aliphatic carbocycles. The standard InChI is InChI=1S/C38H42Cl5N3O5.ClH/c1-23-18-31(40)33(19-24(23)2)50-17-16-49-28-13-11-25(12-14-28)29-20-27-21-44-22-32(46(27)36(48)51-37(3,4)38(41,42)43)34(29)35(47)45-15-7-9-26-8-5-6-10-30(26)39;/h5-6,8,10-14,18-19,27,32,44H,7,9,15-17,20-22H2,1-4H3,(H,45,47);1H. The number of amides is 2. The Morgan fingerprint density at radius 1 is 0.923 bits per heavy atom. The molecule has 2 bridgehead atoms. The van der Waals surface area contributed by atoms with Crippen LogP contribution in [0.4, 0.5) is 4.79 Å². The molecule has 2 heterocycles. The zero-order chi connectivity index (χ0) is 36.9. The van der Waals surface area contributed by atoms with Crippen molar-refractivity contribution in [3.8, 4) is 11.5 Å². The third-order valence-electron chi connectivity index (χ3n) is 9.25. The number of carbonyl (C=O) groups excluding carboxylic acids is 2. The first-order valence-electron chi connectivity index (χ1n) is 16.8. The molecule has 3 aromatic rings. The SMILES string of the molecule is Cc1cc(Cl)c(OCCOc2ccc(C3=C(C(=O)NCCCc4ccccc4Cl)C4CNCC(C3)N4C(=O)OC(C)(C)C(Cl)(Cl)Cl)cc2)cc1C.Cl. The van der Waals surface area contributed by atoms with Crippen molar-refractivity contribution in [2.45, 2.75) is 68.4 Å². The number of fused-ring (bicyclic) bond motifs is 2. The number of nitrogens with one attached hydrogen (secondary N) is 2. The largest absolute Gasteiger partial charge is 0.490 e. The fourth-order valence-corrected chi connectivity index (χ4v) is 6.79. The van der Waals surface area contributed by atoms with Crippen LogP contribution >= 0.6 is 70.4 Å². The van der Waals surface area contributed by atoms with Crippen LogP contribution in [0.2, 0.25) is 10.0 Å². The molecule has 52 heavy (non-hydrogen) atoms. The highest BCUT2D eigenvalue weighted by Crippen LogP contribution is 2.43. The summed E-state index contributed by atoms with van der Waals surface area (Å²) in [5, 5.41) is 7.72. The molecule has 0 spiro atoms. The summed E-state index contributed by atoms with van der Waals surface area (Å²) >= 11 is 31.1. The minimum atomic E-state index is -1.86. The minimum Gasteiger partial charge on any atom is -0.490 e. The van der Waals surface area contributed by atoms with Crippen molar-refractivity contribution in [3.63, 3.8) is 0 Å². The molecule has 2 N–H and O–H groups in total. The summed E-state index contributed by atoms with van der Waals surface area (Å²) in [5.41, 5.74) is 3.97. The Morgan fingerprint density at radius 2 is 1.60 bits per heavy atom. The Morgan fingerprint density at radius 3 is 2.29 bits per heavy atom. The van der Waals surface area contributed by atoms with Crippen LogP contribution < -0.4 is 20.1 Å². The van der Waals surface area contributed by atoms with E-state index < -0.39 is 21.5 Å². The zero-order valence-corrected chi connectivity index (χ0v) is 34.0. The molecule has 2 unspecified atom stereocenters. The van der Waals surface area contributed by atoms with Gasteiger partial charge in [-0.05, 0) is 105 Å². The van der Waals surface area contributed by atoms with Gasteiger partial charge in [0, 0.05) is 30.2 Å². The second kappa shape index (κ2) is 18.2. The van der Waals surface area contributed by atoms with E-state index in [2.05, 4.69) is 10.6 Å². The molecule has 2 aliphatic heterocycles. The quantitative estimate of drug-likeness (QED) is 0.140. The van der Waals surface area contributed by atoms with Crippen molar-refractivity contribution >= 4 is 88.0 Å². The lowest BCUT2D eigenvalue weighted by Gasteiger charge is -2.48. The second-order valence-corrected chi connectivity index (χ2v) is 16.3. The summed E-state index contributed by atoms with van der Waals surface area (Å²) < 4.78 is 15.7. The van der Waals surface area contributed by atoms with E-state index >= 15 is 0 Å². The Hall–Kier alpha value is -2.56. The van der Waals surface area contributed by atoms with Gasteiger partial charge in [-0.15, -0.1) is 12.4 Å². The van der Waals surface area contributed by atoms with Crippen LogP contribution in [-0.4, -0.2) is 71.2 Å². The fraction of sp³-hybridized carbons (Fsp3) is 0.421. The van der Waals surface area contributed by atoms with Gasteiger partial charge in [0.1, 0.15) is 24.7 Å². The maximum absolute atomic E-state index is 14.1. The van der Waals surface area contributed by atoms with E-state index in [1.54, 1.807) is 4.90 Å². The van der Waals surface area contributed by atoms with Crippen molar-refractivity contribution < 1.29 is 23.8 Å². The topological polar surface area (TPSA) is 89.1 Å². The molecule has 0 radical (unpaired) electrons. The number of halogens is 6. The molecule has 1 fully saturated rings. The molecular weight excluding hydrogens is 791 g/mol. The number of nitrogens with zero attached hydrogens (tertiary/aromatic N) is 1. The van der Waals surface area contributed by atoms with Gasteiger partial charge < -0.3 is 24.8 Å². The summed E-state index contributed by atoms with van der Waals surface area (Å²) in [7, 11) is 0. The second-order valence-electron chi connectivity index (χ2n) is 13.2. The first-order chi connectivity index (χ1) is 24.2. The highest BCUT2D eigenvalue weighted by molar-refractivity contribution is 6.68. The first kappa shape index (κ1) is 42.2. The normalized spacial score (nSPS) is 17.3. The predicted molar refractivity (Wildman–Crippen MR) is 213 cm³/mol. The smallest absolute Gasteiger partial charge is 0.411 e. The lowest BCUT2D eigenvalue weighted by atomic mass is 9.82. The van der Waals surface area contributed by atoms with Crippen LogP contribution in [0.15, 0.2) is 66.2 Å². The summed E-state index contributed by atoms with van der Waals surface area (Å²) in [6.45, 7) is 8.98. The number of aryl methyl sites for hydroxylation is 3. The van der Waals surface area contributed by atoms with Crippen molar-refractivity contribution in [1.29, 1.82) is 0 Å². The van der Waals surface area contributed by atoms with Gasteiger partial charge in [-0.25, -0.2) is 4.79 Å². The highest BCUT2D eigenvalue weighted by atomic mass is 35.6. The van der Waals surface area contributed by atoms with E-state index in [0.29, 0.717) is 79.2 Å². The average molecular weight is 834 g/mol.